The molecule has 1 aromatic carbocycles. The summed E-state index contributed by atoms with van der Waals surface area (Å²) in [5, 5.41) is 3.72. The molecule has 17 heavy (non-hydrogen) atoms. The molecule has 0 bridgehead atoms. The Bertz CT molecular complexity index is 530. The Morgan fingerprint density at radius 2 is 1.94 bits per heavy atom. The monoisotopic (exact) mass is 229 g/mol. The van der Waals surface area contributed by atoms with Gasteiger partial charge in [-0.3, -0.25) is 0 Å². The van der Waals surface area contributed by atoms with E-state index in [1.807, 2.05) is 0 Å². The van der Waals surface area contributed by atoms with Gasteiger partial charge in [0.2, 0.25) is 5.52 Å². The fourth-order valence-electron chi connectivity index (χ4n) is 2.60. The van der Waals surface area contributed by atoms with Crippen molar-refractivity contribution in [3.8, 4) is 0 Å². The van der Waals surface area contributed by atoms with Gasteiger partial charge in [0.25, 0.3) is 0 Å². The molecule has 0 atom stereocenters. The van der Waals surface area contributed by atoms with Gasteiger partial charge in [0.05, 0.1) is 37.3 Å². The maximum absolute atomic E-state index is 3.43. The lowest BCUT2D eigenvalue weighted by atomic mass is 10.1. The largest absolute Gasteiger partial charge is 0.359 e. The number of nitrogens with zero attached hydrogens (tertiary/aromatic N) is 1. The van der Waals surface area contributed by atoms with E-state index in [2.05, 4.69) is 52.5 Å². The van der Waals surface area contributed by atoms with Crippen LogP contribution in [0.3, 0.4) is 0 Å². The quantitative estimate of drug-likeness (QED) is 0.752. The molecule has 1 fully saturated rings. The molecule has 3 heteroatoms. The molecule has 0 aliphatic carbocycles. The number of nitrogens with two attached hydrogens (primary N) is 1. The average molecular weight is 229 g/mol. The van der Waals surface area contributed by atoms with E-state index in [-0.39, 0.29) is 0 Å². The Labute approximate surface area is 101 Å². The fourth-order valence-corrected chi connectivity index (χ4v) is 2.60. The molecule has 0 unspecified atom stereocenters. The van der Waals surface area contributed by atoms with Crippen LogP contribution in [-0.2, 0) is 0 Å². The number of aromatic nitrogens is 1. The van der Waals surface area contributed by atoms with Crippen LogP contribution >= 0.6 is 0 Å². The summed E-state index contributed by atoms with van der Waals surface area (Å²) < 4.78 is 0. The van der Waals surface area contributed by atoms with Crippen LogP contribution in [0.5, 0.6) is 0 Å². The SMILES string of the molecule is Cc1cc(N2CC[NH2+]CC2)c2ccccc2[nH+]1. The maximum Gasteiger partial charge on any atom is 0.213 e. The normalized spacial score (nSPS) is 16.4. The lowest BCUT2D eigenvalue weighted by Crippen LogP contribution is -2.89. The number of para-hydroxylation sites is 1. The average Bonchev–Trinajstić information content (AvgIpc) is 2.39. The van der Waals surface area contributed by atoms with E-state index in [1.54, 1.807) is 0 Å². The van der Waals surface area contributed by atoms with Gasteiger partial charge >= 0.3 is 0 Å². The zero-order chi connectivity index (χ0) is 11.7. The van der Waals surface area contributed by atoms with Gasteiger partial charge in [-0.15, -0.1) is 0 Å². The number of fused-ring (bicyclic) bond motifs is 1. The van der Waals surface area contributed by atoms with E-state index in [1.165, 1.54) is 35.4 Å². The van der Waals surface area contributed by atoms with Crippen LogP contribution in [0.2, 0.25) is 0 Å². The molecular weight excluding hydrogens is 210 g/mol. The maximum atomic E-state index is 3.43. The van der Waals surface area contributed by atoms with Crippen molar-refractivity contribution in [1.82, 2.24) is 0 Å². The summed E-state index contributed by atoms with van der Waals surface area (Å²) in [7, 11) is 0. The standard InChI is InChI=1S/C14H17N3/c1-11-10-14(17-8-6-15-7-9-17)12-4-2-3-5-13(12)16-11/h2-5,10,15H,6-9H2,1H3/p+2. The minimum atomic E-state index is 1.15. The molecule has 1 aromatic heterocycles. The van der Waals surface area contributed by atoms with Gasteiger partial charge in [-0.2, -0.15) is 0 Å². The number of aryl methyl sites for hydroxylation is 1. The Morgan fingerprint density at radius 3 is 2.76 bits per heavy atom. The van der Waals surface area contributed by atoms with Gasteiger partial charge in [0.15, 0.2) is 5.69 Å². The number of aromatic amines is 1. The van der Waals surface area contributed by atoms with Crippen LogP contribution in [0.1, 0.15) is 5.69 Å². The second-order valence-corrected chi connectivity index (χ2v) is 4.74. The molecule has 3 rings (SSSR count). The molecule has 0 spiro atoms. The van der Waals surface area contributed by atoms with Gasteiger partial charge in [-0.1, -0.05) is 12.1 Å². The Kier molecular flexibility index (Phi) is 2.69. The van der Waals surface area contributed by atoms with Gasteiger partial charge in [0.1, 0.15) is 0 Å². The summed E-state index contributed by atoms with van der Waals surface area (Å²) in [5.41, 5.74) is 3.84. The molecule has 0 saturated carbocycles. The first-order valence-electron chi connectivity index (χ1n) is 6.33. The van der Waals surface area contributed by atoms with Crippen LogP contribution in [0.25, 0.3) is 10.9 Å². The number of anilines is 1. The molecule has 88 valence electrons. The summed E-state index contributed by atoms with van der Waals surface area (Å²) in [6.07, 6.45) is 0. The van der Waals surface area contributed by atoms with E-state index in [0.717, 1.165) is 13.1 Å². The number of hydrogen-bond acceptors (Lipinski definition) is 1. The van der Waals surface area contributed by atoms with Crippen molar-refractivity contribution in [2.24, 2.45) is 0 Å². The highest BCUT2D eigenvalue weighted by Crippen LogP contribution is 2.24. The molecule has 2 aromatic rings. The Hall–Kier alpha value is -1.61. The number of piperazine rings is 1. The molecule has 1 aliphatic rings. The summed E-state index contributed by atoms with van der Waals surface area (Å²) in [6.45, 7) is 6.82. The zero-order valence-electron chi connectivity index (χ0n) is 10.2. The number of benzene rings is 1. The number of hydrogen-bond donors (Lipinski definition) is 1. The Morgan fingerprint density at radius 1 is 1.18 bits per heavy atom. The number of H-pyrrole nitrogens is 1. The fraction of sp³-hybridized carbons (Fsp3) is 0.357. The summed E-state index contributed by atoms with van der Waals surface area (Å²) in [6, 6.07) is 10.8. The van der Waals surface area contributed by atoms with Crippen LogP contribution < -0.4 is 15.2 Å². The first-order chi connectivity index (χ1) is 8.34. The van der Waals surface area contributed by atoms with Crippen molar-refractivity contribution >= 4 is 16.6 Å². The van der Waals surface area contributed by atoms with E-state index >= 15 is 0 Å². The molecule has 0 radical (unpaired) electrons. The minimum absolute atomic E-state index is 1.15. The predicted molar refractivity (Wildman–Crippen MR) is 69.1 cm³/mol. The first-order valence-corrected chi connectivity index (χ1v) is 6.33. The van der Waals surface area contributed by atoms with Gasteiger partial charge in [0, 0.05) is 19.1 Å². The minimum Gasteiger partial charge on any atom is -0.359 e. The topological polar surface area (TPSA) is 34.0 Å². The Balaban J connectivity index is 2.13. The second kappa shape index (κ2) is 4.34. The third-order valence-electron chi connectivity index (χ3n) is 3.44. The third kappa shape index (κ3) is 1.98. The van der Waals surface area contributed by atoms with E-state index in [4.69, 9.17) is 0 Å². The third-order valence-corrected chi connectivity index (χ3v) is 3.44. The highest BCUT2D eigenvalue weighted by molar-refractivity contribution is 5.89. The number of pyridine rings is 1. The second-order valence-electron chi connectivity index (χ2n) is 4.74. The molecule has 2 heterocycles. The highest BCUT2D eigenvalue weighted by atomic mass is 15.2. The van der Waals surface area contributed by atoms with E-state index < -0.39 is 0 Å². The zero-order valence-corrected chi connectivity index (χ0v) is 10.2. The summed E-state index contributed by atoms with van der Waals surface area (Å²) >= 11 is 0. The van der Waals surface area contributed by atoms with Crippen molar-refractivity contribution in [2.45, 2.75) is 6.92 Å². The summed E-state index contributed by atoms with van der Waals surface area (Å²) in [5.74, 6) is 0. The molecule has 1 aliphatic heterocycles. The molecule has 1 saturated heterocycles. The van der Waals surface area contributed by atoms with Crippen molar-refractivity contribution in [3.63, 3.8) is 0 Å². The molecule has 3 nitrogen and oxygen atoms in total. The lowest BCUT2D eigenvalue weighted by Gasteiger charge is -2.27. The smallest absolute Gasteiger partial charge is 0.213 e. The first kappa shape index (κ1) is 10.5. The van der Waals surface area contributed by atoms with Crippen molar-refractivity contribution in [2.75, 3.05) is 31.1 Å². The summed E-state index contributed by atoms with van der Waals surface area (Å²) in [4.78, 5) is 5.94. The van der Waals surface area contributed by atoms with Crippen molar-refractivity contribution in [3.05, 3.63) is 36.0 Å². The highest BCUT2D eigenvalue weighted by Gasteiger charge is 2.17. The van der Waals surface area contributed by atoms with Crippen LogP contribution in [0.4, 0.5) is 5.69 Å². The van der Waals surface area contributed by atoms with Gasteiger partial charge in [-0.25, -0.2) is 4.98 Å². The van der Waals surface area contributed by atoms with Gasteiger partial charge < -0.3 is 10.2 Å². The number of quaternary nitrogens is 1. The molecular formula is C14H19N3+2. The van der Waals surface area contributed by atoms with Crippen LogP contribution in [0.15, 0.2) is 30.3 Å². The van der Waals surface area contributed by atoms with E-state index in [9.17, 15) is 0 Å². The van der Waals surface area contributed by atoms with Crippen molar-refractivity contribution in [1.29, 1.82) is 0 Å². The molecule has 3 N–H and O–H groups in total. The van der Waals surface area contributed by atoms with Crippen molar-refractivity contribution < 1.29 is 10.3 Å². The lowest BCUT2D eigenvalue weighted by molar-refractivity contribution is -0.655. The number of rotatable bonds is 1. The number of nitrogens with one attached hydrogen (secondary N) is 1. The predicted octanol–water partition coefficient (Wildman–Crippen LogP) is 0.346. The molecule has 0 amide bonds. The van der Waals surface area contributed by atoms with Crippen LogP contribution in [0, 0.1) is 6.92 Å². The van der Waals surface area contributed by atoms with E-state index in [0.29, 0.717) is 0 Å². The van der Waals surface area contributed by atoms with Crippen LogP contribution in [-0.4, -0.2) is 26.2 Å². The van der Waals surface area contributed by atoms with Gasteiger partial charge in [-0.05, 0) is 6.07 Å².